The molecule has 0 spiro atoms. The standard InChI is InChI=1S/C14H17N3O5S/c1-21-11-6-3-5-10(9-11)13(18)15-8-4-7-12-16-17-14(22-12)23(2,19)20/h3,5-6,9H,4,7-8H2,1-2H3,(H,15,18). The van der Waals surface area contributed by atoms with Crippen molar-refractivity contribution in [1.82, 2.24) is 15.5 Å². The highest BCUT2D eigenvalue weighted by atomic mass is 32.2. The van der Waals surface area contributed by atoms with E-state index >= 15 is 0 Å². The van der Waals surface area contributed by atoms with Crippen molar-refractivity contribution in [1.29, 1.82) is 0 Å². The first-order valence-electron chi connectivity index (χ1n) is 6.85. The average Bonchev–Trinajstić information content (AvgIpc) is 3.00. The molecule has 0 unspecified atom stereocenters. The molecule has 0 aliphatic carbocycles. The zero-order valence-electron chi connectivity index (χ0n) is 12.8. The molecule has 0 saturated heterocycles. The van der Waals surface area contributed by atoms with Gasteiger partial charge in [0.15, 0.2) is 0 Å². The lowest BCUT2D eigenvalue weighted by Gasteiger charge is -2.05. The monoisotopic (exact) mass is 339 g/mol. The van der Waals surface area contributed by atoms with E-state index in [9.17, 15) is 13.2 Å². The lowest BCUT2D eigenvalue weighted by atomic mass is 10.2. The number of rotatable bonds is 7. The van der Waals surface area contributed by atoms with E-state index in [0.29, 0.717) is 30.7 Å². The molecule has 2 rings (SSSR count). The van der Waals surface area contributed by atoms with Crippen LogP contribution in [0.4, 0.5) is 0 Å². The van der Waals surface area contributed by atoms with Crippen molar-refractivity contribution in [2.24, 2.45) is 0 Å². The van der Waals surface area contributed by atoms with E-state index in [-0.39, 0.29) is 11.8 Å². The first-order chi connectivity index (χ1) is 10.9. The van der Waals surface area contributed by atoms with E-state index in [2.05, 4.69) is 15.5 Å². The van der Waals surface area contributed by atoms with Crippen LogP contribution >= 0.6 is 0 Å². The Labute approximate surface area is 133 Å². The van der Waals surface area contributed by atoms with Gasteiger partial charge in [0.25, 0.3) is 5.91 Å². The van der Waals surface area contributed by atoms with E-state index < -0.39 is 15.1 Å². The molecule has 1 aromatic heterocycles. The van der Waals surface area contributed by atoms with Crippen molar-refractivity contribution in [3.05, 3.63) is 35.7 Å². The minimum Gasteiger partial charge on any atom is -0.497 e. The quantitative estimate of drug-likeness (QED) is 0.744. The number of carbonyl (C=O) groups is 1. The van der Waals surface area contributed by atoms with E-state index in [4.69, 9.17) is 9.15 Å². The number of sulfone groups is 1. The van der Waals surface area contributed by atoms with Crippen LogP contribution in [-0.4, -0.2) is 44.4 Å². The number of nitrogens with one attached hydrogen (secondary N) is 1. The number of aromatic nitrogens is 2. The van der Waals surface area contributed by atoms with Crippen molar-refractivity contribution < 1.29 is 22.4 Å². The number of benzene rings is 1. The van der Waals surface area contributed by atoms with Crippen molar-refractivity contribution in [3.8, 4) is 5.75 Å². The summed E-state index contributed by atoms with van der Waals surface area (Å²) >= 11 is 0. The fourth-order valence-corrected chi connectivity index (χ4v) is 2.23. The highest BCUT2D eigenvalue weighted by Crippen LogP contribution is 2.12. The number of aryl methyl sites for hydroxylation is 1. The van der Waals surface area contributed by atoms with E-state index in [0.717, 1.165) is 6.26 Å². The molecule has 0 aliphatic rings. The predicted octanol–water partition coefficient (Wildman–Crippen LogP) is 0.844. The maximum Gasteiger partial charge on any atom is 0.335 e. The molecule has 0 atom stereocenters. The summed E-state index contributed by atoms with van der Waals surface area (Å²) in [7, 11) is -1.96. The van der Waals surface area contributed by atoms with Gasteiger partial charge in [-0.25, -0.2) is 8.42 Å². The van der Waals surface area contributed by atoms with Gasteiger partial charge in [-0.15, -0.1) is 5.10 Å². The van der Waals surface area contributed by atoms with Crippen molar-refractivity contribution in [2.75, 3.05) is 19.9 Å². The highest BCUT2D eigenvalue weighted by molar-refractivity contribution is 7.90. The summed E-state index contributed by atoms with van der Waals surface area (Å²) in [5.41, 5.74) is 0.501. The van der Waals surface area contributed by atoms with Crippen molar-refractivity contribution in [3.63, 3.8) is 0 Å². The fraction of sp³-hybridized carbons (Fsp3) is 0.357. The van der Waals surface area contributed by atoms with Crippen LogP contribution < -0.4 is 10.1 Å². The van der Waals surface area contributed by atoms with Gasteiger partial charge in [0.05, 0.1) is 7.11 Å². The Kier molecular flexibility index (Phi) is 5.32. The number of ether oxygens (including phenoxy) is 1. The molecule has 1 aromatic carbocycles. The lowest BCUT2D eigenvalue weighted by molar-refractivity contribution is 0.0952. The molecule has 1 N–H and O–H groups in total. The molecule has 2 aromatic rings. The maximum atomic E-state index is 12.0. The number of amides is 1. The number of hydrogen-bond acceptors (Lipinski definition) is 7. The first kappa shape index (κ1) is 16.9. The number of methoxy groups -OCH3 is 1. The van der Waals surface area contributed by atoms with Crippen LogP contribution in [0, 0.1) is 0 Å². The largest absolute Gasteiger partial charge is 0.497 e. The molecular weight excluding hydrogens is 322 g/mol. The molecular formula is C14H17N3O5S. The summed E-state index contributed by atoms with van der Waals surface area (Å²) in [4.78, 5) is 12.0. The zero-order valence-corrected chi connectivity index (χ0v) is 13.6. The minimum absolute atomic E-state index is 0.216. The zero-order chi connectivity index (χ0) is 16.9. The van der Waals surface area contributed by atoms with Crippen molar-refractivity contribution >= 4 is 15.7 Å². The number of nitrogens with zero attached hydrogens (tertiary/aromatic N) is 2. The van der Waals surface area contributed by atoms with Gasteiger partial charge in [-0.3, -0.25) is 4.79 Å². The summed E-state index contributed by atoms with van der Waals surface area (Å²) in [6.07, 6.45) is 1.92. The fourth-order valence-electron chi connectivity index (χ4n) is 1.80. The molecule has 124 valence electrons. The van der Waals surface area contributed by atoms with Crippen LogP contribution in [0.5, 0.6) is 5.75 Å². The van der Waals surface area contributed by atoms with Gasteiger partial charge < -0.3 is 14.5 Å². The summed E-state index contributed by atoms with van der Waals surface area (Å²) < 4.78 is 32.5. The summed E-state index contributed by atoms with van der Waals surface area (Å²) in [5, 5.41) is 9.48. The molecule has 1 amide bonds. The predicted molar refractivity (Wildman–Crippen MR) is 81.1 cm³/mol. The van der Waals surface area contributed by atoms with Crippen LogP contribution in [0.3, 0.4) is 0 Å². The molecule has 9 heteroatoms. The van der Waals surface area contributed by atoms with Crippen LogP contribution in [0.1, 0.15) is 22.7 Å². The third-order valence-corrected chi connectivity index (χ3v) is 3.75. The third kappa shape index (κ3) is 4.78. The first-order valence-corrected chi connectivity index (χ1v) is 8.74. The second-order valence-corrected chi connectivity index (χ2v) is 6.72. The van der Waals surface area contributed by atoms with Gasteiger partial charge in [-0.05, 0) is 24.6 Å². The van der Waals surface area contributed by atoms with Gasteiger partial charge in [0, 0.05) is 24.8 Å². The Bertz CT molecular complexity index is 785. The second kappa shape index (κ2) is 7.23. The van der Waals surface area contributed by atoms with E-state index in [1.54, 1.807) is 24.3 Å². The Morgan fingerprint density at radius 3 is 2.78 bits per heavy atom. The molecule has 0 radical (unpaired) electrons. The van der Waals surface area contributed by atoms with E-state index in [1.807, 2.05) is 0 Å². The Morgan fingerprint density at radius 1 is 1.35 bits per heavy atom. The Morgan fingerprint density at radius 2 is 2.13 bits per heavy atom. The smallest absolute Gasteiger partial charge is 0.335 e. The van der Waals surface area contributed by atoms with Gasteiger partial charge >= 0.3 is 5.22 Å². The van der Waals surface area contributed by atoms with E-state index in [1.165, 1.54) is 7.11 Å². The number of carbonyl (C=O) groups excluding carboxylic acids is 1. The van der Waals surface area contributed by atoms with Crippen molar-refractivity contribution in [2.45, 2.75) is 18.1 Å². The second-order valence-electron chi connectivity index (χ2n) is 4.83. The average molecular weight is 339 g/mol. The van der Waals surface area contributed by atoms with Crippen LogP contribution in [-0.2, 0) is 16.3 Å². The molecule has 0 fully saturated rings. The number of hydrogen-bond donors (Lipinski definition) is 1. The SMILES string of the molecule is COc1cccc(C(=O)NCCCc2nnc(S(C)(=O)=O)o2)c1. The molecule has 1 heterocycles. The maximum absolute atomic E-state index is 12.0. The van der Waals surface area contributed by atoms with Gasteiger partial charge in [0.2, 0.25) is 15.7 Å². The van der Waals surface area contributed by atoms with Crippen LogP contribution in [0.15, 0.2) is 33.9 Å². The normalized spacial score (nSPS) is 11.2. The molecule has 0 saturated carbocycles. The van der Waals surface area contributed by atoms with Crippen LogP contribution in [0.2, 0.25) is 0 Å². The summed E-state index contributed by atoms with van der Waals surface area (Å²) in [5.74, 6) is 0.615. The van der Waals surface area contributed by atoms with Gasteiger partial charge in [0.1, 0.15) is 5.75 Å². The molecule has 0 bridgehead atoms. The molecule has 0 aliphatic heterocycles. The third-order valence-electron chi connectivity index (χ3n) is 2.95. The van der Waals surface area contributed by atoms with Gasteiger partial charge in [-0.1, -0.05) is 11.2 Å². The minimum atomic E-state index is -3.49. The Hall–Kier alpha value is -2.42. The summed E-state index contributed by atoms with van der Waals surface area (Å²) in [6, 6.07) is 6.82. The van der Waals surface area contributed by atoms with Gasteiger partial charge in [-0.2, -0.15) is 0 Å². The summed E-state index contributed by atoms with van der Waals surface area (Å²) in [6.45, 7) is 0.395. The lowest BCUT2D eigenvalue weighted by Crippen LogP contribution is -2.24. The Balaban J connectivity index is 1.81. The highest BCUT2D eigenvalue weighted by Gasteiger charge is 2.16. The molecule has 8 nitrogen and oxygen atoms in total. The van der Waals surface area contributed by atoms with Crippen LogP contribution in [0.25, 0.3) is 0 Å². The molecule has 23 heavy (non-hydrogen) atoms. The topological polar surface area (TPSA) is 111 Å².